The van der Waals surface area contributed by atoms with Gasteiger partial charge in [-0.05, 0) is 62.2 Å². The topological polar surface area (TPSA) is 3.24 Å². The minimum atomic E-state index is 0.446. The molecule has 0 aromatic heterocycles. The van der Waals surface area contributed by atoms with Crippen molar-refractivity contribution in [1.29, 1.82) is 0 Å². The maximum atomic E-state index is 2.82. The number of nitrogens with zero attached hydrogens (tertiary/aromatic N) is 1. The molecule has 2 aliphatic carbocycles. The van der Waals surface area contributed by atoms with E-state index >= 15 is 0 Å². The van der Waals surface area contributed by atoms with Gasteiger partial charge in [-0.1, -0.05) is 30.7 Å². The van der Waals surface area contributed by atoms with Crippen LogP contribution in [0.2, 0.25) is 0 Å². The SMILES string of the molecule is c1ccc2c(c1)[C@@H]1CC[C@@]2(N2CCCCC2)C1. The minimum Gasteiger partial charge on any atom is -0.294 e. The normalized spacial score (nSPS) is 36.1. The molecule has 1 heterocycles. The molecule has 4 rings (SSSR count). The Labute approximate surface area is 104 Å². The van der Waals surface area contributed by atoms with Crippen LogP contribution < -0.4 is 0 Å². The largest absolute Gasteiger partial charge is 0.294 e. The van der Waals surface area contributed by atoms with Crippen molar-refractivity contribution in [2.75, 3.05) is 13.1 Å². The molecule has 1 nitrogen and oxygen atoms in total. The molecule has 0 radical (unpaired) electrons. The molecule has 1 saturated heterocycles. The first kappa shape index (κ1) is 10.1. The summed E-state index contributed by atoms with van der Waals surface area (Å²) in [5, 5.41) is 0. The second kappa shape index (κ2) is 3.58. The van der Waals surface area contributed by atoms with E-state index in [9.17, 15) is 0 Å². The highest BCUT2D eigenvalue weighted by Crippen LogP contribution is 2.58. The number of hydrogen-bond donors (Lipinski definition) is 0. The van der Waals surface area contributed by atoms with Crippen LogP contribution in [0.15, 0.2) is 24.3 Å². The van der Waals surface area contributed by atoms with E-state index in [2.05, 4.69) is 29.2 Å². The van der Waals surface area contributed by atoms with E-state index < -0.39 is 0 Å². The van der Waals surface area contributed by atoms with Crippen molar-refractivity contribution >= 4 is 0 Å². The summed E-state index contributed by atoms with van der Waals surface area (Å²) in [6.07, 6.45) is 8.51. The van der Waals surface area contributed by atoms with E-state index in [4.69, 9.17) is 0 Å². The van der Waals surface area contributed by atoms with Crippen molar-refractivity contribution in [3.8, 4) is 0 Å². The number of fused-ring (bicyclic) bond motifs is 5. The lowest BCUT2D eigenvalue weighted by atomic mass is 9.84. The van der Waals surface area contributed by atoms with Crippen molar-refractivity contribution in [3.63, 3.8) is 0 Å². The third-order valence-electron chi connectivity index (χ3n) is 5.35. The average Bonchev–Trinajstić information content (AvgIpc) is 2.98. The van der Waals surface area contributed by atoms with Gasteiger partial charge in [-0.25, -0.2) is 0 Å². The summed E-state index contributed by atoms with van der Waals surface area (Å²) in [5.74, 6) is 0.869. The molecule has 0 amide bonds. The van der Waals surface area contributed by atoms with Crippen molar-refractivity contribution < 1.29 is 0 Å². The fourth-order valence-corrected chi connectivity index (χ4v) is 4.59. The van der Waals surface area contributed by atoms with Gasteiger partial charge in [0.2, 0.25) is 0 Å². The van der Waals surface area contributed by atoms with Gasteiger partial charge in [0.15, 0.2) is 0 Å². The number of benzene rings is 1. The molecule has 1 heteroatoms. The molecule has 2 fully saturated rings. The second-order valence-electron chi connectivity index (χ2n) is 6.11. The molecule has 0 N–H and O–H groups in total. The standard InChI is InChI=1S/C16H21N/c1-4-10-17(11-5-1)16-9-8-13(12-16)14-6-2-3-7-15(14)16/h2-3,6-7,13H,1,4-5,8-12H2/t13-,16-/m1/s1. The van der Waals surface area contributed by atoms with E-state index in [-0.39, 0.29) is 0 Å². The summed E-state index contributed by atoms with van der Waals surface area (Å²) in [6.45, 7) is 2.67. The molecule has 0 spiro atoms. The van der Waals surface area contributed by atoms with Crippen LogP contribution in [0, 0.1) is 0 Å². The van der Waals surface area contributed by atoms with Gasteiger partial charge in [-0.15, -0.1) is 0 Å². The lowest BCUT2D eigenvalue weighted by molar-refractivity contribution is 0.0725. The number of likely N-dealkylation sites (tertiary alicyclic amines) is 1. The first-order chi connectivity index (χ1) is 8.40. The van der Waals surface area contributed by atoms with Crippen molar-refractivity contribution in [2.24, 2.45) is 0 Å². The van der Waals surface area contributed by atoms with Crippen LogP contribution in [0.5, 0.6) is 0 Å². The summed E-state index contributed by atoms with van der Waals surface area (Å²) < 4.78 is 0. The molecule has 1 aliphatic heterocycles. The Morgan fingerprint density at radius 3 is 2.76 bits per heavy atom. The van der Waals surface area contributed by atoms with Crippen LogP contribution >= 0.6 is 0 Å². The third-order valence-corrected chi connectivity index (χ3v) is 5.35. The molecule has 2 bridgehead atoms. The van der Waals surface area contributed by atoms with Crippen LogP contribution in [-0.2, 0) is 5.54 Å². The zero-order chi connectivity index (χ0) is 11.3. The molecule has 17 heavy (non-hydrogen) atoms. The molecule has 1 aromatic carbocycles. The summed E-state index contributed by atoms with van der Waals surface area (Å²) in [7, 11) is 0. The second-order valence-corrected chi connectivity index (χ2v) is 6.11. The van der Waals surface area contributed by atoms with E-state index in [1.165, 1.54) is 51.6 Å². The predicted molar refractivity (Wildman–Crippen MR) is 70.1 cm³/mol. The Hall–Kier alpha value is -0.820. The average molecular weight is 227 g/mol. The molecule has 3 aliphatic rings. The zero-order valence-electron chi connectivity index (χ0n) is 10.5. The zero-order valence-corrected chi connectivity index (χ0v) is 10.5. The summed E-state index contributed by atoms with van der Waals surface area (Å²) in [5.41, 5.74) is 3.80. The van der Waals surface area contributed by atoms with Gasteiger partial charge in [0.25, 0.3) is 0 Å². The van der Waals surface area contributed by atoms with Crippen LogP contribution in [0.1, 0.15) is 55.6 Å². The fraction of sp³-hybridized carbons (Fsp3) is 0.625. The van der Waals surface area contributed by atoms with E-state index in [1.54, 1.807) is 11.1 Å². The van der Waals surface area contributed by atoms with Gasteiger partial charge >= 0.3 is 0 Å². The van der Waals surface area contributed by atoms with Gasteiger partial charge in [0.05, 0.1) is 0 Å². The monoisotopic (exact) mass is 227 g/mol. The molecular formula is C16H21N. The number of hydrogen-bond acceptors (Lipinski definition) is 1. The lowest BCUT2D eigenvalue weighted by Gasteiger charge is -2.43. The van der Waals surface area contributed by atoms with Crippen LogP contribution in [0.25, 0.3) is 0 Å². The molecule has 1 saturated carbocycles. The lowest BCUT2D eigenvalue weighted by Crippen LogP contribution is -2.46. The number of piperidine rings is 1. The maximum Gasteiger partial charge on any atom is 0.0469 e. The fourth-order valence-electron chi connectivity index (χ4n) is 4.59. The highest BCUT2D eigenvalue weighted by molar-refractivity contribution is 5.45. The van der Waals surface area contributed by atoms with Crippen LogP contribution in [0.3, 0.4) is 0 Å². The molecule has 1 aromatic rings. The van der Waals surface area contributed by atoms with Crippen LogP contribution in [0.4, 0.5) is 0 Å². The van der Waals surface area contributed by atoms with E-state index in [1.807, 2.05) is 0 Å². The van der Waals surface area contributed by atoms with Gasteiger partial charge in [-0.3, -0.25) is 4.90 Å². The Bertz CT molecular complexity index is 433. The summed E-state index contributed by atoms with van der Waals surface area (Å²) in [4.78, 5) is 2.82. The molecule has 0 unspecified atom stereocenters. The Balaban J connectivity index is 1.78. The summed E-state index contributed by atoms with van der Waals surface area (Å²) >= 11 is 0. The Morgan fingerprint density at radius 2 is 1.88 bits per heavy atom. The Morgan fingerprint density at radius 1 is 1.06 bits per heavy atom. The van der Waals surface area contributed by atoms with Gasteiger partial charge in [-0.2, -0.15) is 0 Å². The van der Waals surface area contributed by atoms with Crippen molar-refractivity contribution in [1.82, 2.24) is 4.90 Å². The van der Waals surface area contributed by atoms with E-state index in [0.717, 1.165) is 5.92 Å². The van der Waals surface area contributed by atoms with Crippen molar-refractivity contribution in [2.45, 2.75) is 50.0 Å². The van der Waals surface area contributed by atoms with Gasteiger partial charge < -0.3 is 0 Å². The quantitative estimate of drug-likeness (QED) is 0.708. The molecular weight excluding hydrogens is 206 g/mol. The van der Waals surface area contributed by atoms with Gasteiger partial charge in [0.1, 0.15) is 0 Å². The van der Waals surface area contributed by atoms with Gasteiger partial charge in [0, 0.05) is 5.54 Å². The number of rotatable bonds is 1. The first-order valence-corrected chi connectivity index (χ1v) is 7.25. The molecule has 90 valence electrons. The highest BCUT2D eigenvalue weighted by Gasteiger charge is 2.51. The predicted octanol–water partition coefficient (Wildman–Crippen LogP) is 3.65. The summed E-state index contributed by atoms with van der Waals surface area (Å²) in [6, 6.07) is 9.25. The van der Waals surface area contributed by atoms with Crippen molar-refractivity contribution in [3.05, 3.63) is 35.4 Å². The van der Waals surface area contributed by atoms with E-state index in [0.29, 0.717) is 5.54 Å². The minimum absolute atomic E-state index is 0.446. The first-order valence-electron chi connectivity index (χ1n) is 7.25. The smallest absolute Gasteiger partial charge is 0.0469 e. The molecule has 2 atom stereocenters. The highest BCUT2D eigenvalue weighted by atomic mass is 15.2. The maximum absolute atomic E-state index is 2.82. The Kier molecular flexibility index (Phi) is 2.14. The van der Waals surface area contributed by atoms with Crippen LogP contribution in [-0.4, -0.2) is 18.0 Å². The third kappa shape index (κ3) is 1.29.